The topological polar surface area (TPSA) is 29.5 Å². The largest absolute Gasteiger partial charge is 0.494 e. The lowest BCUT2D eigenvalue weighted by Crippen LogP contribution is -2.42. The highest BCUT2D eigenvalue weighted by atomic mass is 16.5. The first kappa shape index (κ1) is 18.0. The van der Waals surface area contributed by atoms with Crippen LogP contribution >= 0.6 is 0 Å². The summed E-state index contributed by atoms with van der Waals surface area (Å²) in [6.07, 6.45) is 7.65. The van der Waals surface area contributed by atoms with Gasteiger partial charge in [0.15, 0.2) is 0 Å². The Balaban J connectivity index is 1.46. The Hall–Kier alpha value is -1.35. The average molecular weight is 356 g/mol. The summed E-state index contributed by atoms with van der Waals surface area (Å²) < 4.78 is 5.99. The van der Waals surface area contributed by atoms with Gasteiger partial charge in [-0.05, 0) is 93.6 Å². The number of ketones is 1. The van der Waals surface area contributed by atoms with Gasteiger partial charge in [-0.2, -0.15) is 0 Å². The van der Waals surface area contributed by atoms with Crippen LogP contribution < -0.4 is 4.74 Å². The van der Waals surface area contributed by atoms with Gasteiger partial charge in [0.05, 0.1) is 6.61 Å². The molecule has 0 bridgehead atoms. The van der Waals surface area contributed by atoms with Crippen LogP contribution in [0.25, 0.3) is 0 Å². The molecule has 2 saturated carbocycles. The van der Waals surface area contributed by atoms with Crippen molar-refractivity contribution in [2.45, 2.75) is 57.8 Å². The number of Topliss-reactive ketones (excluding diaryl/α,β-unsaturated/α-hetero) is 1. The third kappa shape index (κ3) is 3.09. The van der Waals surface area contributed by atoms with Crippen LogP contribution in [-0.4, -0.2) is 37.9 Å². The number of benzene rings is 1. The molecule has 2 fully saturated rings. The van der Waals surface area contributed by atoms with Gasteiger partial charge in [0.25, 0.3) is 0 Å². The van der Waals surface area contributed by atoms with Crippen LogP contribution in [0.2, 0.25) is 0 Å². The van der Waals surface area contributed by atoms with E-state index in [1.165, 1.54) is 18.4 Å². The second-order valence-electron chi connectivity index (χ2n) is 9.20. The molecule has 26 heavy (non-hydrogen) atoms. The second kappa shape index (κ2) is 6.99. The molecule has 0 aliphatic heterocycles. The summed E-state index contributed by atoms with van der Waals surface area (Å²) in [5, 5.41) is 0. The van der Waals surface area contributed by atoms with Crippen LogP contribution in [0.1, 0.15) is 62.5 Å². The Labute approximate surface area is 158 Å². The van der Waals surface area contributed by atoms with Crippen LogP contribution in [0.3, 0.4) is 0 Å². The molecule has 3 nitrogen and oxygen atoms in total. The van der Waals surface area contributed by atoms with E-state index < -0.39 is 0 Å². The number of carbonyl (C=O) groups excluding carboxylic acids is 1. The van der Waals surface area contributed by atoms with Gasteiger partial charge in [-0.15, -0.1) is 0 Å². The Morgan fingerprint density at radius 3 is 2.85 bits per heavy atom. The summed E-state index contributed by atoms with van der Waals surface area (Å²) in [6, 6.07) is 6.78. The number of hydrogen-bond acceptors (Lipinski definition) is 3. The van der Waals surface area contributed by atoms with Crippen molar-refractivity contribution in [2.24, 2.45) is 17.3 Å². The van der Waals surface area contributed by atoms with Gasteiger partial charge in [-0.25, -0.2) is 0 Å². The number of hydrogen-bond donors (Lipinski definition) is 0. The molecule has 1 aromatic rings. The van der Waals surface area contributed by atoms with Gasteiger partial charge in [0, 0.05) is 18.4 Å². The van der Waals surface area contributed by atoms with Crippen molar-refractivity contribution in [1.82, 2.24) is 4.90 Å². The Bertz CT molecular complexity index is 683. The zero-order valence-corrected chi connectivity index (χ0v) is 16.6. The molecule has 4 unspecified atom stereocenters. The maximum atomic E-state index is 12.4. The van der Waals surface area contributed by atoms with Crippen LogP contribution in [0.5, 0.6) is 5.75 Å². The molecule has 3 aliphatic carbocycles. The maximum Gasteiger partial charge on any atom is 0.139 e. The average Bonchev–Trinajstić information content (AvgIpc) is 2.93. The van der Waals surface area contributed by atoms with E-state index >= 15 is 0 Å². The zero-order valence-electron chi connectivity index (χ0n) is 16.6. The van der Waals surface area contributed by atoms with Crippen molar-refractivity contribution in [1.29, 1.82) is 0 Å². The van der Waals surface area contributed by atoms with Gasteiger partial charge in [-0.1, -0.05) is 13.0 Å². The molecule has 0 saturated heterocycles. The smallest absolute Gasteiger partial charge is 0.139 e. The summed E-state index contributed by atoms with van der Waals surface area (Å²) in [7, 11) is 4.20. The number of fused-ring (bicyclic) bond motifs is 5. The van der Waals surface area contributed by atoms with E-state index in [0.29, 0.717) is 23.5 Å². The monoisotopic (exact) mass is 355 g/mol. The van der Waals surface area contributed by atoms with E-state index in [-0.39, 0.29) is 5.41 Å². The molecule has 4 atom stereocenters. The van der Waals surface area contributed by atoms with E-state index in [1.807, 2.05) is 0 Å². The van der Waals surface area contributed by atoms with Crippen molar-refractivity contribution in [2.75, 3.05) is 27.2 Å². The van der Waals surface area contributed by atoms with E-state index in [9.17, 15) is 4.79 Å². The summed E-state index contributed by atoms with van der Waals surface area (Å²) in [5.41, 5.74) is 3.02. The fourth-order valence-corrected chi connectivity index (χ4v) is 5.99. The molecule has 142 valence electrons. The molecule has 1 aromatic carbocycles. The van der Waals surface area contributed by atoms with Crippen molar-refractivity contribution >= 4 is 5.78 Å². The number of rotatable bonds is 5. The van der Waals surface area contributed by atoms with Crippen molar-refractivity contribution in [3.05, 3.63) is 29.3 Å². The molecule has 0 spiro atoms. The van der Waals surface area contributed by atoms with E-state index in [1.54, 1.807) is 5.56 Å². The van der Waals surface area contributed by atoms with Gasteiger partial charge in [-0.3, -0.25) is 4.79 Å². The predicted octanol–water partition coefficient (Wildman–Crippen LogP) is 4.44. The van der Waals surface area contributed by atoms with Crippen molar-refractivity contribution in [3.8, 4) is 5.75 Å². The number of nitrogens with zero attached hydrogens (tertiary/aromatic N) is 1. The van der Waals surface area contributed by atoms with Gasteiger partial charge >= 0.3 is 0 Å². The van der Waals surface area contributed by atoms with E-state index in [4.69, 9.17) is 4.74 Å². The number of carbonyl (C=O) groups is 1. The Morgan fingerprint density at radius 2 is 2.04 bits per heavy atom. The molecule has 3 aliphatic rings. The first-order chi connectivity index (χ1) is 12.5. The van der Waals surface area contributed by atoms with Crippen LogP contribution in [0.4, 0.5) is 0 Å². The summed E-state index contributed by atoms with van der Waals surface area (Å²) in [5.74, 6) is 3.54. The fourth-order valence-electron chi connectivity index (χ4n) is 5.99. The molecule has 3 heteroatoms. The van der Waals surface area contributed by atoms with Crippen molar-refractivity contribution in [3.63, 3.8) is 0 Å². The van der Waals surface area contributed by atoms with Crippen LogP contribution in [0.15, 0.2) is 18.2 Å². The summed E-state index contributed by atoms with van der Waals surface area (Å²) in [4.78, 5) is 14.6. The molecule has 0 radical (unpaired) electrons. The van der Waals surface area contributed by atoms with Crippen LogP contribution in [0, 0.1) is 17.3 Å². The minimum Gasteiger partial charge on any atom is -0.494 e. The molecular weight excluding hydrogens is 322 g/mol. The quantitative estimate of drug-likeness (QED) is 0.731. The zero-order chi connectivity index (χ0) is 18.3. The highest BCUT2D eigenvalue weighted by Gasteiger charge is 2.54. The number of aryl methyl sites for hydroxylation is 1. The SMILES string of the molecule is CN(C)CCCOc1ccc2c(c1)CCC1C2CCC2(C)C(=O)CCC12. The first-order valence-corrected chi connectivity index (χ1v) is 10.4. The second-order valence-corrected chi connectivity index (χ2v) is 9.20. The Morgan fingerprint density at radius 1 is 1.19 bits per heavy atom. The van der Waals surface area contributed by atoms with Crippen LogP contribution in [-0.2, 0) is 11.2 Å². The van der Waals surface area contributed by atoms with Gasteiger partial charge in [0.2, 0.25) is 0 Å². The molecule has 0 aromatic heterocycles. The fraction of sp³-hybridized carbons (Fsp3) is 0.696. The van der Waals surface area contributed by atoms with Gasteiger partial charge < -0.3 is 9.64 Å². The standard InChI is InChI=1S/C23H33NO2/c1-23-12-11-19-18-8-6-17(26-14-4-13-24(2)3)15-16(18)5-7-20(19)21(23)9-10-22(23)25/h6,8,15,19-21H,4-5,7,9-14H2,1-3H3. The van der Waals surface area contributed by atoms with E-state index in [0.717, 1.165) is 51.0 Å². The third-order valence-electron chi connectivity index (χ3n) is 7.43. The van der Waals surface area contributed by atoms with E-state index in [2.05, 4.69) is 44.1 Å². The highest BCUT2D eigenvalue weighted by Crippen LogP contribution is 2.59. The van der Waals surface area contributed by atoms with Crippen molar-refractivity contribution < 1.29 is 9.53 Å². The maximum absolute atomic E-state index is 12.4. The lowest BCUT2D eigenvalue weighted by molar-refractivity contribution is -0.129. The normalized spacial score (nSPS) is 32.9. The van der Waals surface area contributed by atoms with Gasteiger partial charge in [0.1, 0.15) is 11.5 Å². The molecule has 0 N–H and O–H groups in total. The minimum atomic E-state index is -0.0197. The third-order valence-corrected chi connectivity index (χ3v) is 7.43. The first-order valence-electron chi connectivity index (χ1n) is 10.4. The summed E-state index contributed by atoms with van der Waals surface area (Å²) in [6.45, 7) is 4.10. The Kier molecular flexibility index (Phi) is 4.85. The molecule has 4 rings (SSSR count). The lowest BCUT2D eigenvalue weighted by Gasteiger charge is -2.48. The molecule has 0 heterocycles. The predicted molar refractivity (Wildman–Crippen MR) is 105 cm³/mol. The minimum absolute atomic E-state index is 0.0197. The summed E-state index contributed by atoms with van der Waals surface area (Å²) >= 11 is 0. The molecular formula is C23H33NO2. The lowest BCUT2D eigenvalue weighted by atomic mass is 9.55. The highest BCUT2D eigenvalue weighted by molar-refractivity contribution is 5.87. The molecule has 0 amide bonds. The number of ether oxygens (including phenoxy) is 1.